The van der Waals surface area contributed by atoms with Crippen molar-refractivity contribution >= 4 is 28.0 Å². The van der Waals surface area contributed by atoms with Crippen molar-refractivity contribution < 1.29 is 9.69 Å². The molecule has 0 aliphatic carbocycles. The minimum Gasteiger partial charge on any atom is -0.328 e. The number of carbonyl (C=O) groups is 1. The number of hydrogen-bond acceptors (Lipinski definition) is 4. The second kappa shape index (κ2) is 6.78. The maximum atomic E-state index is 12.9. The lowest BCUT2D eigenvalue weighted by Gasteiger charge is -2.32. The molecule has 0 unspecified atom stereocenters. The third-order valence-corrected chi connectivity index (χ3v) is 5.42. The molecule has 6 nitrogen and oxygen atoms in total. The molecule has 1 aliphatic heterocycles. The number of piperazine rings is 1. The van der Waals surface area contributed by atoms with Crippen LogP contribution in [0.25, 0.3) is 10.8 Å². The largest absolute Gasteiger partial charge is 0.328 e. The second-order valence-corrected chi connectivity index (χ2v) is 7.08. The van der Waals surface area contributed by atoms with Gasteiger partial charge in [0.15, 0.2) is 5.69 Å². The van der Waals surface area contributed by atoms with Crippen molar-refractivity contribution in [3.63, 3.8) is 0 Å². The molecule has 0 bridgehead atoms. The Bertz CT molecular complexity index is 943. The molecular formula is C18H19N4O2S+. The third kappa shape index (κ3) is 3.20. The topological polar surface area (TPSA) is 70.5 Å². The smallest absolute Gasteiger partial charge is 0.275 e. The summed E-state index contributed by atoms with van der Waals surface area (Å²) in [4.78, 5) is 28.1. The zero-order valence-corrected chi connectivity index (χ0v) is 14.5. The molecule has 7 heteroatoms. The van der Waals surface area contributed by atoms with Gasteiger partial charge in [-0.3, -0.25) is 9.59 Å². The van der Waals surface area contributed by atoms with Crippen LogP contribution in [0.2, 0.25) is 0 Å². The Kier molecular flexibility index (Phi) is 4.33. The van der Waals surface area contributed by atoms with E-state index in [0.29, 0.717) is 29.6 Å². The van der Waals surface area contributed by atoms with Crippen LogP contribution in [0.4, 0.5) is 0 Å². The molecule has 25 heavy (non-hydrogen) atoms. The molecular weight excluding hydrogens is 336 g/mol. The molecule has 0 spiro atoms. The number of aromatic nitrogens is 2. The van der Waals surface area contributed by atoms with Crippen LogP contribution in [0.15, 0.2) is 45.9 Å². The summed E-state index contributed by atoms with van der Waals surface area (Å²) in [6.45, 7) is 4.25. The number of amides is 1. The van der Waals surface area contributed by atoms with E-state index in [1.165, 1.54) is 10.5 Å². The summed E-state index contributed by atoms with van der Waals surface area (Å²) in [5, 5.41) is 11.9. The predicted molar refractivity (Wildman–Crippen MR) is 97.0 cm³/mol. The number of quaternary nitrogens is 1. The van der Waals surface area contributed by atoms with Crippen molar-refractivity contribution in [3.05, 3.63) is 62.7 Å². The molecule has 0 atom stereocenters. The number of thiophene rings is 1. The number of nitrogens with zero attached hydrogens (tertiary/aromatic N) is 2. The Morgan fingerprint density at radius 1 is 1.20 bits per heavy atom. The van der Waals surface area contributed by atoms with Crippen molar-refractivity contribution in [2.45, 2.75) is 6.54 Å². The first-order valence-corrected chi connectivity index (χ1v) is 9.28. The fourth-order valence-corrected chi connectivity index (χ4v) is 3.98. The zero-order chi connectivity index (χ0) is 17.2. The van der Waals surface area contributed by atoms with Gasteiger partial charge in [-0.05, 0) is 22.9 Å². The van der Waals surface area contributed by atoms with E-state index >= 15 is 0 Å². The number of carbonyl (C=O) groups excluding carboxylic acids is 1. The number of fused-ring (bicyclic) bond motifs is 1. The van der Waals surface area contributed by atoms with E-state index in [9.17, 15) is 9.59 Å². The Labute approximate surface area is 148 Å². The molecule has 1 saturated heterocycles. The molecule has 3 aromatic rings. The van der Waals surface area contributed by atoms with Crippen LogP contribution >= 0.6 is 11.3 Å². The Hall–Kier alpha value is -2.51. The third-order valence-electron chi connectivity index (χ3n) is 4.69. The van der Waals surface area contributed by atoms with Crippen molar-refractivity contribution in [3.8, 4) is 0 Å². The molecule has 2 N–H and O–H groups in total. The van der Waals surface area contributed by atoms with Gasteiger partial charge in [-0.15, -0.1) is 0 Å². The summed E-state index contributed by atoms with van der Waals surface area (Å²) < 4.78 is 0. The van der Waals surface area contributed by atoms with Crippen LogP contribution in [0, 0.1) is 0 Å². The quantitative estimate of drug-likeness (QED) is 0.720. The summed E-state index contributed by atoms with van der Waals surface area (Å²) in [7, 11) is 0. The molecule has 0 saturated carbocycles. The summed E-state index contributed by atoms with van der Waals surface area (Å²) in [6, 6.07) is 9.27. The monoisotopic (exact) mass is 355 g/mol. The number of hydrogen-bond donors (Lipinski definition) is 2. The van der Waals surface area contributed by atoms with Gasteiger partial charge < -0.3 is 9.80 Å². The van der Waals surface area contributed by atoms with E-state index in [0.717, 1.165) is 19.6 Å². The number of benzene rings is 1. The molecule has 4 rings (SSSR count). The fraction of sp³-hybridized carbons (Fsp3) is 0.278. The SMILES string of the molecule is O=C(c1n[nH]c(=O)c2ccccc12)N1CC[NH+](Cc2ccsc2)CC1. The summed E-state index contributed by atoms with van der Waals surface area (Å²) in [5.41, 5.74) is 1.42. The van der Waals surface area contributed by atoms with Crippen LogP contribution in [-0.4, -0.2) is 47.2 Å². The van der Waals surface area contributed by atoms with Gasteiger partial charge in [0, 0.05) is 10.9 Å². The number of H-pyrrole nitrogens is 1. The molecule has 3 heterocycles. The van der Waals surface area contributed by atoms with E-state index in [-0.39, 0.29) is 11.5 Å². The van der Waals surface area contributed by atoms with Gasteiger partial charge in [-0.2, -0.15) is 16.4 Å². The first-order chi connectivity index (χ1) is 12.2. The zero-order valence-electron chi connectivity index (χ0n) is 13.7. The van der Waals surface area contributed by atoms with E-state index in [4.69, 9.17) is 0 Å². The highest BCUT2D eigenvalue weighted by atomic mass is 32.1. The standard InChI is InChI=1S/C18H18N4O2S/c23-17-15-4-2-1-3-14(15)16(19-20-17)18(24)22-8-6-21(7-9-22)11-13-5-10-25-12-13/h1-5,10,12H,6-9,11H2,(H,20,23)/p+1. The highest BCUT2D eigenvalue weighted by Gasteiger charge is 2.27. The highest BCUT2D eigenvalue weighted by Crippen LogP contribution is 2.14. The van der Waals surface area contributed by atoms with Gasteiger partial charge >= 0.3 is 0 Å². The lowest BCUT2D eigenvalue weighted by molar-refractivity contribution is -0.917. The minimum atomic E-state index is -0.267. The normalized spacial score (nSPS) is 15.6. The number of nitrogens with one attached hydrogen (secondary N) is 2. The van der Waals surface area contributed by atoms with Crippen LogP contribution in [0.1, 0.15) is 16.1 Å². The van der Waals surface area contributed by atoms with E-state index in [1.54, 1.807) is 29.5 Å². The van der Waals surface area contributed by atoms with Gasteiger partial charge in [0.2, 0.25) is 0 Å². The second-order valence-electron chi connectivity index (χ2n) is 6.30. The first kappa shape index (κ1) is 16.0. The van der Waals surface area contributed by atoms with Crippen molar-refractivity contribution in [1.82, 2.24) is 15.1 Å². The predicted octanol–water partition coefficient (Wildman–Crippen LogP) is 0.526. The van der Waals surface area contributed by atoms with Gasteiger partial charge in [-0.1, -0.05) is 18.2 Å². The lowest BCUT2D eigenvalue weighted by Crippen LogP contribution is -3.13. The molecule has 128 valence electrons. The molecule has 1 fully saturated rings. The Morgan fingerprint density at radius 2 is 1.96 bits per heavy atom. The fourth-order valence-electron chi connectivity index (χ4n) is 3.31. The van der Waals surface area contributed by atoms with Crippen molar-refractivity contribution in [2.24, 2.45) is 0 Å². The number of rotatable bonds is 3. The summed E-state index contributed by atoms with van der Waals surface area (Å²) >= 11 is 1.72. The van der Waals surface area contributed by atoms with Crippen LogP contribution in [0.3, 0.4) is 0 Å². The molecule has 0 radical (unpaired) electrons. The molecule has 2 aromatic heterocycles. The van der Waals surface area contributed by atoms with Gasteiger partial charge in [-0.25, -0.2) is 5.10 Å². The van der Waals surface area contributed by atoms with Crippen molar-refractivity contribution in [2.75, 3.05) is 26.2 Å². The van der Waals surface area contributed by atoms with E-state index < -0.39 is 0 Å². The van der Waals surface area contributed by atoms with Crippen LogP contribution in [-0.2, 0) is 6.54 Å². The lowest BCUT2D eigenvalue weighted by atomic mass is 10.1. The average molecular weight is 355 g/mol. The maximum Gasteiger partial charge on any atom is 0.275 e. The van der Waals surface area contributed by atoms with Gasteiger partial charge in [0.05, 0.1) is 31.6 Å². The Balaban J connectivity index is 1.49. The summed E-state index contributed by atoms with van der Waals surface area (Å²) in [6.07, 6.45) is 0. The van der Waals surface area contributed by atoms with Gasteiger partial charge in [0.1, 0.15) is 6.54 Å². The molecule has 1 aliphatic rings. The van der Waals surface area contributed by atoms with Crippen LogP contribution < -0.4 is 10.5 Å². The first-order valence-electron chi connectivity index (χ1n) is 8.34. The molecule has 1 amide bonds. The van der Waals surface area contributed by atoms with Crippen LogP contribution in [0.5, 0.6) is 0 Å². The van der Waals surface area contributed by atoms with Crippen molar-refractivity contribution in [1.29, 1.82) is 0 Å². The minimum absolute atomic E-state index is 0.109. The maximum absolute atomic E-state index is 12.9. The Morgan fingerprint density at radius 3 is 2.68 bits per heavy atom. The van der Waals surface area contributed by atoms with E-state index in [2.05, 4.69) is 27.0 Å². The molecule has 1 aromatic carbocycles. The number of aromatic amines is 1. The van der Waals surface area contributed by atoms with Gasteiger partial charge in [0.25, 0.3) is 11.5 Å². The highest BCUT2D eigenvalue weighted by molar-refractivity contribution is 7.07. The average Bonchev–Trinajstić information content (AvgIpc) is 3.15. The van der Waals surface area contributed by atoms with E-state index in [1.807, 2.05) is 11.0 Å². The summed E-state index contributed by atoms with van der Waals surface area (Å²) in [5.74, 6) is -0.109.